The quantitative estimate of drug-likeness (QED) is 0.916. The van der Waals surface area contributed by atoms with E-state index in [4.69, 9.17) is 0 Å². The van der Waals surface area contributed by atoms with Gasteiger partial charge in [-0.3, -0.25) is 0 Å². The van der Waals surface area contributed by atoms with Gasteiger partial charge in [-0.05, 0) is 57.5 Å². The SMILES string of the molecule is CCc1c(C)nn(-c2cc(CNC)cc(C)n2)c1C. The fraction of sp³-hybridized carbons (Fsp3) is 0.467. The van der Waals surface area contributed by atoms with Crippen molar-refractivity contribution in [2.45, 2.75) is 40.7 Å². The minimum atomic E-state index is 0.844. The van der Waals surface area contributed by atoms with Crippen LogP contribution in [0.3, 0.4) is 0 Å². The number of aromatic nitrogens is 3. The number of nitrogens with zero attached hydrogens (tertiary/aromatic N) is 3. The molecule has 0 atom stereocenters. The van der Waals surface area contributed by atoms with Crippen molar-refractivity contribution in [2.75, 3.05) is 7.05 Å². The Labute approximate surface area is 114 Å². The van der Waals surface area contributed by atoms with Crippen LogP contribution in [0.5, 0.6) is 0 Å². The summed E-state index contributed by atoms with van der Waals surface area (Å²) in [4.78, 5) is 4.61. The minimum Gasteiger partial charge on any atom is -0.316 e. The number of pyridine rings is 1. The van der Waals surface area contributed by atoms with Crippen molar-refractivity contribution in [3.05, 3.63) is 40.3 Å². The Hall–Kier alpha value is -1.68. The molecule has 4 heteroatoms. The van der Waals surface area contributed by atoms with E-state index in [1.54, 1.807) is 0 Å². The van der Waals surface area contributed by atoms with Gasteiger partial charge in [-0.15, -0.1) is 0 Å². The molecule has 0 fully saturated rings. The maximum atomic E-state index is 4.63. The van der Waals surface area contributed by atoms with Gasteiger partial charge in [-0.2, -0.15) is 5.10 Å². The lowest BCUT2D eigenvalue weighted by Crippen LogP contribution is -2.09. The van der Waals surface area contributed by atoms with Gasteiger partial charge in [0.15, 0.2) is 5.82 Å². The molecule has 0 aliphatic carbocycles. The van der Waals surface area contributed by atoms with Crippen molar-refractivity contribution in [3.8, 4) is 5.82 Å². The Morgan fingerprint density at radius 3 is 2.53 bits per heavy atom. The highest BCUT2D eigenvalue weighted by Gasteiger charge is 2.12. The van der Waals surface area contributed by atoms with Crippen LogP contribution < -0.4 is 5.32 Å². The molecule has 2 aromatic rings. The fourth-order valence-electron chi connectivity index (χ4n) is 2.55. The van der Waals surface area contributed by atoms with E-state index in [0.717, 1.165) is 30.2 Å². The van der Waals surface area contributed by atoms with Gasteiger partial charge >= 0.3 is 0 Å². The number of rotatable bonds is 4. The zero-order valence-corrected chi connectivity index (χ0v) is 12.4. The van der Waals surface area contributed by atoms with E-state index in [1.807, 2.05) is 18.7 Å². The zero-order chi connectivity index (χ0) is 14.0. The Morgan fingerprint density at radius 1 is 1.21 bits per heavy atom. The average molecular weight is 258 g/mol. The van der Waals surface area contributed by atoms with Gasteiger partial charge in [0.05, 0.1) is 5.69 Å². The van der Waals surface area contributed by atoms with E-state index in [2.05, 4.69) is 48.3 Å². The number of aryl methyl sites for hydroxylation is 2. The van der Waals surface area contributed by atoms with E-state index in [9.17, 15) is 0 Å². The van der Waals surface area contributed by atoms with Gasteiger partial charge in [0.1, 0.15) is 0 Å². The lowest BCUT2D eigenvalue weighted by atomic mass is 10.1. The van der Waals surface area contributed by atoms with Gasteiger partial charge in [-0.1, -0.05) is 6.92 Å². The number of hydrogen-bond acceptors (Lipinski definition) is 3. The van der Waals surface area contributed by atoms with Crippen LogP contribution in [0.25, 0.3) is 5.82 Å². The predicted molar refractivity (Wildman–Crippen MR) is 77.7 cm³/mol. The van der Waals surface area contributed by atoms with Crippen molar-refractivity contribution >= 4 is 0 Å². The second kappa shape index (κ2) is 5.53. The summed E-state index contributed by atoms with van der Waals surface area (Å²) in [7, 11) is 1.95. The molecule has 0 aromatic carbocycles. The average Bonchev–Trinajstić information content (AvgIpc) is 2.64. The van der Waals surface area contributed by atoms with Crippen molar-refractivity contribution in [2.24, 2.45) is 0 Å². The predicted octanol–water partition coefficient (Wildman–Crippen LogP) is 2.47. The Balaban J connectivity index is 2.52. The molecule has 0 saturated carbocycles. The lowest BCUT2D eigenvalue weighted by molar-refractivity contribution is 0.780. The first-order chi connectivity index (χ1) is 9.06. The van der Waals surface area contributed by atoms with Crippen LogP contribution in [0.2, 0.25) is 0 Å². The summed E-state index contributed by atoms with van der Waals surface area (Å²) in [5, 5.41) is 7.80. The highest BCUT2D eigenvalue weighted by molar-refractivity contribution is 5.35. The molecule has 2 rings (SSSR count). The van der Waals surface area contributed by atoms with Crippen molar-refractivity contribution in [3.63, 3.8) is 0 Å². The first-order valence-electron chi connectivity index (χ1n) is 6.74. The first-order valence-corrected chi connectivity index (χ1v) is 6.74. The summed E-state index contributed by atoms with van der Waals surface area (Å²) in [6.07, 6.45) is 1.01. The Morgan fingerprint density at radius 2 is 1.95 bits per heavy atom. The molecule has 1 N–H and O–H groups in total. The highest BCUT2D eigenvalue weighted by Crippen LogP contribution is 2.18. The van der Waals surface area contributed by atoms with E-state index in [0.29, 0.717) is 0 Å². The van der Waals surface area contributed by atoms with Crippen LogP contribution in [-0.2, 0) is 13.0 Å². The molecule has 2 heterocycles. The summed E-state index contributed by atoms with van der Waals surface area (Å²) in [5.41, 5.74) is 5.86. The van der Waals surface area contributed by atoms with Crippen LogP contribution >= 0.6 is 0 Å². The zero-order valence-electron chi connectivity index (χ0n) is 12.4. The topological polar surface area (TPSA) is 42.7 Å². The number of nitrogens with one attached hydrogen (secondary N) is 1. The second-order valence-electron chi connectivity index (χ2n) is 4.92. The maximum Gasteiger partial charge on any atom is 0.154 e. The minimum absolute atomic E-state index is 0.844. The highest BCUT2D eigenvalue weighted by atomic mass is 15.3. The van der Waals surface area contributed by atoms with Crippen molar-refractivity contribution in [1.82, 2.24) is 20.1 Å². The molecule has 2 aromatic heterocycles. The van der Waals surface area contributed by atoms with E-state index in [1.165, 1.54) is 16.8 Å². The second-order valence-corrected chi connectivity index (χ2v) is 4.92. The third kappa shape index (κ3) is 2.68. The molecule has 0 unspecified atom stereocenters. The fourth-order valence-corrected chi connectivity index (χ4v) is 2.55. The Bertz CT molecular complexity index is 584. The molecule has 0 bridgehead atoms. The molecular weight excluding hydrogens is 236 g/mol. The molecule has 102 valence electrons. The summed E-state index contributed by atoms with van der Waals surface area (Å²) >= 11 is 0. The lowest BCUT2D eigenvalue weighted by Gasteiger charge is -2.08. The molecule has 0 aliphatic heterocycles. The van der Waals surface area contributed by atoms with E-state index < -0.39 is 0 Å². The molecular formula is C15H22N4. The van der Waals surface area contributed by atoms with Crippen LogP contribution in [0.4, 0.5) is 0 Å². The molecule has 0 amide bonds. The van der Waals surface area contributed by atoms with Crippen LogP contribution in [0.15, 0.2) is 12.1 Å². The standard InChI is InChI=1S/C15H22N4/c1-6-14-11(3)18-19(12(14)4)15-8-13(9-16-5)7-10(2)17-15/h7-8,16H,6,9H2,1-5H3. The van der Waals surface area contributed by atoms with Gasteiger partial charge in [0.2, 0.25) is 0 Å². The van der Waals surface area contributed by atoms with Crippen molar-refractivity contribution in [1.29, 1.82) is 0 Å². The van der Waals surface area contributed by atoms with Gasteiger partial charge in [0, 0.05) is 17.9 Å². The molecule has 0 aliphatic rings. The summed E-state index contributed by atoms with van der Waals surface area (Å²) in [6, 6.07) is 4.20. The summed E-state index contributed by atoms with van der Waals surface area (Å²) in [6.45, 7) is 9.20. The largest absolute Gasteiger partial charge is 0.316 e. The third-order valence-electron chi connectivity index (χ3n) is 3.39. The van der Waals surface area contributed by atoms with Crippen LogP contribution in [0.1, 0.15) is 35.1 Å². The van der Waals surface area contributed by atoms with Gasteiger partial charge in [0.25, 0.3) is 0 Å². The molecule has 4 nitrogen and oxygen atoms in total. The molecule has 19 heavy (non-hydrogen) atoms. The van der Waals surface area contributed by atoms with E-state index in [-0.39, 0.29) is 0 Å². The molecule has 0 saturated heterocycles. The molecule has 0 radical (unpaired) electrons. The van der Waals surface area contributed by atoms with Crippen molar-refractivity contribution < 1.29 is 0 Å². The van der Waals surface area contributed by atoms with Gasteiger partial charge in [-0.25, -0.2) is 9.67 Å². The third-order valence-corrected chi connectivity index (χ3v) is 3.39. The van der Waals surface area contributed by atoms with Crippen LogP contribution in [0, 0.1) is 20.8 Å². The summed E-state index contributed by atoms with van der Waals surface area (Å²) in [5.74, 6) is 0.908. The normalized spacial score (nSPS) is 11.0. The van der Waals surface area contributed by atoms with E-state index >= 15 is 0 Å². The van der Waals surface area contributed by atoms with Gasteiger partial charge < -0.3 is 5.32 Å². The monoisotopic (exact) mass is 258 g/mol. The first kappa shape index (κ1) is 13.7. The summed E-state index contributed by atoms with van der Waals surface area (Å²) < 4.78 is 1.96. The maximum absolute atomic E-state index is 4.63. The molecule has 0 spiro atoms. The van der Waals surface area contributed by atoms with Crippen LogP contribution in [-0.4, -0.2) is 21.8 Å². The number of hydrogen-bond donors (Lipinski definition) is 1. The smallest absolute Gasteiger partial charge is 0.154 e. The Kier molecular flexibility index (Phi) is 4.00.